The number of likely N-dealkylation sites (tertiary alicyclic amines) is 1. The minimum Gasteiger partial charge on any atom is -0.411 e. The summed E-state index contributed by atoms with van der Waals surface area (Å²) in [6, 6.07) is 11.8. The highest BCUT2D eigenvalue weighted by Gasteiger charge is 2.36. The van der Waals surface area contributed by atoms with Crippen molar-refractivity contribution < 1.29 is 14.8 Å². The van der Waals surface area contributed by atoms with Crippen molar-refractivity contribution in [2.45, 2.75) is 90.6 Å². The molecule has 1 aromatic heterocycles. The third kappa shape index (κ3) is 4.91. The molecule has 1 aliphatic carbocycles. The fourth-order valence-corrected chi connectivity index (χ4v) is 6.69. The third-order valence-electron chi connectivity index (χ3n) is 9.00. The largest absolute Gasteiger partial charge is 0.411 e. The summed E-state index contributed by atoms with van der Waals surface area (Å²) in [6.07, 6.45) is 9.79. The standard InChI is InChI=1S/C32H41N3O3/c1-4-35-28-15-13-23(30(36)27(33-38)19-22-11-7-5-8-12-22)20-25(28)26-21-24(14-16-29(26)35)31(37)32(2,3)34-17-9-6-10-18-34/h13-16,20-22,38H,4-12,17-19H2,1-3H3/b33-27+. The summed E-state index contributed by atoms with van der Waals surface area (Å²) in [5.41, 5.74) is 3.00. The fraction of sp³-hybridized carbons (Fsp3) is 0.531. The second kappa shape index (κ2) is 11.0. The fourth-order valence-electron chi connectivity index (χ4n) is 6.69. The highest BCUT2D eigenvalue weighted by Crippen LogP contribution is 2.33. The number of carbonyl (C=O) groups is 2. The third-order valence-corrected chi connectivity index (χ3v) is 9.00. The zero-order valence-electron chi connectivity index (χ0n) is 23.1. The monoisotopic (exact) mass is 515 g/mol. The maximum absolute atomic E-state index is 13.8. The van der Waals surface area contributed by atoms with Crippen molar-refractivity contribution in [1.29, 1.82) is 0 Å². The Labute approximate surface area is 225 Å². The molecule has 202 valence electrons. The van der Waals surface area contributed by atoms with Gasteiger partial charge in [-0.05, 0) is 95.4 Å². The van der Waals surface area contributed by atoms with Gasteiger partial charge >= 0.3 is 0 Å². The van der Waals surface area contributed by atoms with E-state index >= 15 is 0 Å². The first kappa shape index (κ1) is 26.6. The van der Waals surface area contributed by atoms with Crippen molar-refractivity contribution in [2.24, 2.45) is 11.1 Å². The summed E-state index contributed by atoms with van der Waals surface area (Å²) in [5, 5.41) is 15.1. The van der Waals surface area contributed by atoms with Crippen molar-refractivity contribution in [3.8, 4) is 0 Å². The molecule has 0 amide bonds. The Kier molecular flexibility index (Phi) is 7.71. The second-order valence-corrected chi connectivity index (χ2v) is 11.7. The molecule has 1 N–H and O–H groups in total. The molecule has 6 heteroatoms. The van der Waals surface area contributed by atoms with Gasteiger partial charge in [-0.2, -0.15) is 0 Å². The van der Waals surface area contributed by atoms with E-state index in [-0.39, 0.29) is 17.3 Å². The molecule has 2 fully saturated rings. The van der Waals surface area contributed by atoms with Gasteiger partial charge in [-0.25, -0.2) is 0 Å². The van der Waals surface area contributed by atoms with Crippen LogP contribution in [0.2, 0.25) is 0 Å². The van der Waals surface area contributed by atoms with Crippen LogP contribution in [0.4, 0.5) is 0 Å². The Morgan fingerprint density at radius 2 is 1.47 bits per heavy atom. The zero-order valence-corrected chi connectivity index (χ0v) is 23.1. The van der Waals surface area contributed by atoms with Gasteiger partial charge in [0.2, 0.25) is 5.78 Å². The van der Waals surface area contributed by atoms with E-state index in [2.05, 4.69) is 21.5 Å². The van der Waals surface area contributed by atoms with Gasteiger partial charge in [0.15, 0.2) is 5.78 Å². The van der Waals surface area contributed by atoms with E-state index in [1.165, 1.54) is 25.7 Å². The van der Waals surface area contributed by atoms with Crippen LogP contribution in [-0.2, 0) is 6.54 Å². The Balaban J connectivity index is 1.51. The van der Waals surface area contributed by atoms with Crippen molar-refractivity contribution in [3.63, 3.8) is 0 Å². The summed E-state index contributed by atoms with van der Waals surface area (Å²) < 4.78 is 2.23. The maximum atomic E-state index is 13.8. The number of ketones is 2. The van der Waals surface area contributed by atoms with Crippen molar-refractivity contribution in [1.82, 2.24) is 9.47 Å². The summed E-state index contributed by atoms with van der Waals surface area (Å²) in [6.45, 7) is 8.88. The number of fused-ring (bicyclic) bond motifs is 3. The predicted octanol–water partition coefficient (Wildman–Crippen LogP) is 7.24. The molecule has 1 saturated carbocycles. The van der Waals surface area contributed by atoms with Gasteiger partial charge in [-0.1, -0.05) is 43.7 Å². The maximum Gasteiger partial charge on any atom is 0.210 e. The molecule has 0 spiro atoms. The van der Waals surface area contributed by atoms with E-state index < -0.39 is 5.54 Å². The highest BCUT2D eigenvalue weighted by atomic mass is 16.4. The van der Waals surface area contributed by atoms with E-state index in [0.717, 1.165) is 67.1 Å². The Morgan fingerprint density at radius 1 is 0.895 bits per heavy atom. The van der Waals surface area contributed by atoms with Gasteiger partial charge < -0.3 is 9.77 Å². The lowest BCUT2D eigenvalue weighted by Crippen LogP contribution is -2.52. The molecule has 0 bridgehead atoms. The average molecular weight is 516 g/mol. The minimum absolute atomic E-state index is 0.133. The van der Waals surface area contributed by atoms with Crippen LogP contribution in [-0.4, -0.2) is 50.6 Å². The molecule has 2 aromatic carbocycles. The Bertz CT molecular complexity index is 1370. The van der Waals surface area contributed by atoms with Crippen LogP contribution >= 0.6 is 0 Å². The molecular weight excluding hydrogens is 474 g/mol. The lowest BCUT2D eigenvalue weighted by atomic mass is 9.84. The Morgan fingerprint density at radius 3 is 2.08 bits per heavy atom. The van der Waals surface area contributed by atoms with Crippen LogP contribution in [0.3, 0.4) is 0 Å². The van der Waals surface area contributed by atoms with E-state index in [1.54, 1.807) is 0 Å². The Hall–Kier alpha value is -2.99. The predicted molar refractivity (Wildman–Crippen MR) is 154 cm³/mol. The minimum atomic E-state index is -0.566. The molecule has 2 heterocycles. The first-order valence-corrected chi connectivity index (χ1v) is 14.5. The number of aromatic nitrogens is 1. The summed E-state index contributed by atoms with van der Waals surface area (Å²) in [7, 11) is 0. The van der Waals surface area contributed by atoms with Crippen LogP contribution in [0.5, 0.6) is 0 Å². The van der Waals surface area contributed by atoms with Gasteiger partial charge in [0.25, 0.3) is 0 Å². The molecular formula is C32H41N3O3. The highest BCUT2D eigenvalue weighted by molar-refractivity contribution is 6.46. The van der Waals surface area contributed by atoms with Gasteiger partial charge in [-0.15, -0.1) is 0 Å². The van der Waals surface area contributed by atoms with Crippen LogP contribution < -0.4 is 0 Å². The first-order valence-electron chi connectivity index (χ1n) is 14.5. The molecule has 0 radical (unpaired) electrons. The van der Waals surface area contributed by atoms with Gasteiger partial charge in [0.1, 0.15) is 5.71 Å². The van der Waals surface area contributed by atoms with E-state index in [1.807, 2.05) is 50.2 Å². The van der Waals surface area contributed by atoms with Crippen molar-refractivity contribution in [2.75, 3.05) is 13.1 Å². The van der Waals surface area contributed by atoms with Crippen molar-refractivity contribution in [3.05, 3.63) is 47.5 Å². The SMILES string of the molecule is CCn1c2ccc(C(=O)/C(CC3CCCCC3)=N/O)cc2c2cc(C(=O)C(C)(C)N3CCCCC3)ccc21. The van der Waals surface area contributed by atoms with E-state index in [9.17, 15) is 14.8 Å². The van der Waals surface area contributed by atoms with Gasteiger partial charge in [0, 0.05) is 39.5 Å². The van der Waals surface area contributed by atoms with Crippen LogP contribution in [0, 0.1) is 5.92 Å². The van der Waals surface area contributed by atoms with Crippen molar-refractivity contribution >= 4 is 39.1 Å². The molecule has 5 rings (SSSR count). The molecule has 3 aromatic rings. The number of Topliss-reactive ketones (excluding diaryl/α,β-unsaturated/α-hetero) is 2. The van der Waals surface area contributed by atoms with Crippen LogP contribution in [0.25, 0.3) is 21.8 Å². The quantitative estimate of drug-likeness (QED) is 0.148. The van der Waals surface area contributed by atoms with E-state index in [4.69, 9.17) is 0 Å². The number of aryl methyl sites for hydroxylation is 1. The summed E-state index contributed by atoms with van der Waals surface area (Å²) in [5.74, 6) is 0.324. The average Bonchev–Trinajstić information content (AvgIpc) is 3.28. The molecule has 2 aliphatic rings. The summed E-state index contributed by atoms with van der Waals surface area (Å²) in [4.78, 5) is 29.5. The van der Waals surface area contributed by atoms with E-state index in [0.29, 0.717) is 23.5 Å². The number of hydrogen-bond acceptors (Lipinski definition) is 5. The molecule has 6 nitrogen and oxygen atoms in total. The second-order valence-electron chi connectivity index (χ2n) is 11.7. The topological polar surface area (TPSA) is 74.9 Å². The molecule has 38 heavy (non-hydrogen) atoms. The molecule has 1 aliphatic heterocycles. The number of rotatable bonds is 8. The number of benzene rings is 2. The number of piperidine rings is 1. The lowest BCUT2D eigenvalue weighted by molar-refractivity contribution is 0.0579. The molecule has 0 atom stereocenters. The van der Waals surface area contributed by atoms with Gasteiger partial charge in [0.05, 0.1) is 5.54 Å². The number of nitrogens with zero attached hydrogens (tertiary/aromatic N) is 3. The zero-order chi connectivity index (χ0) is 26.9. The summed E-state index contributed by atoms with van der Waals surface area (Å²) >= 11 is 0. The molecule has 1 saturated heterocycles. The lowest BCUT2D eigenvalue weighted by Gasteiger charge is -2.39. The normalized spacial score (nSPS) is 18.3. The van der Waals surface area contributed by atoms with Crippen LogP contribution in [0.1, 0.15) is 99.3 Å². The smallest absolute Gasteiger partial charge is 0.210 e. The molecule has 0 unspecified atom stereocenters. The number of oxime groups is 1. The number of carbonyl (C=O) groups excluding carboxylic acids is 2. The number of hydrogen-bond donors (Lipinski definition) is 1. The van der Waals surface area contributed by atoms with Gasteiger partial charge in [-0.3, -0.25) is 14.5 Å². The first-order chi connectivity index (χ1) is 18.3. The van der Waals surface area contributed by atoms with Crippen LogP contribution in [0.15, 0.2) is 41.6 Å².